The van der Waals surface area contributed by atoms with Crippen LogP contribution >= 0.6 is 11.8 Å². The summed E-state index contributed by atoms with van der Waals surface area (Å²) in [6, 6.07) is 18.0. The van der Waals surface area contributed by atoms with Crippen molar-refractivity contribution >= 4 is 28.9 Å². The Kier molecular flexibility index (Phi) is 3.13. The summed E-state index contributed by atoms with van der Waals surface area (Å²) in [5.41, 5.74) is 2.99. The van der Waals surface area contributed by atoms with Gasteiger partial charge in [0.25, 0.3) is 0 Å². The fraction of sp³-hybridized carbons (Fsp3) is 0.0625. The van der Waals surface area contributed by atoms with Crippen molar-refractivity contribution in [2.24, 2.45) is 0 Å². The van der Waals surface area contributed by atoms with Gasteiger partial charge in [0, 0.05) is 4.90 Å². The van der Waals surface area contributed by atoms with Crippen molar-refractivity contribution in [3.05, 3.63) is 65.1 Å². The first-order valence-corrected chi connectivity index (χ1v) is 6.92. The van der Waals surface area contributed by atoms with Crippen LogP contribution in [0.1, 0.15) is 12.5 Å². The van der Waals surface area contributed by atoms with Crippen molar-refractivity contribution in [2.45, 2.75) is 11.8 Å². The van der Waals surface area contributed by atoms with Crippen LogP contribution in [0.3, 0.4) is 0 Å². The highest BCUT2D eigenvalue weighted by Gasteiger charge is 2.21. The predicted octanol–water partition coefficient (Wildman–Crippen LogP) is 4.16. The van der Waals surface area contributed by atoms with Crippen molar-refractivity contribution in [2.75, 3.05) is 5.32 Å². The van der Waals surface area contributed by atoms with Crippen LogP contribution < -0.4 is 5.32 Å². The molecule has 2 aromatic rings. The molecular formula is C16H13NOS. The average Bonchev–Trinajstić information content (AvgIpc) is 2.46. The van der Waals surface area contributed by atoms with E-state index in [0.717, 1.165) is 26.7 Å². The van der Waals surface area contributed by atoms with Gasteiger partial charge < -0.3 is 5.32 Å². The first kappa shape index (κ1) is 12.1. The number of carbonyl (C=O) groups is 1. The largest absolute Gasteiger partial charge is 0.353 e. The van der Waals surface area contributed by atoms with Gasteiger partial charge in [0.05, 0.1) is 16.3 Å². The highest BCUT2D eigenvalue weighted by Crippen LogP contribution is 2.42. The Hall–Kier alpha value is -2.00. The number of thioether (sulfide) groups is 1. The van der Waals surface area contributed by atoms with E-state index >= 15 is 0 Å². The van der Waals surface area contributed by atoms with Crippen molar-refractivity contribution < 1.29 is 4.79 Å². The fourth-order valence-corrected chi connectivity index (χ4v) is 3.08. The first-order chi connectivity index (χ1) is 9.25. The summed E-state index contributed by atoms with van der Waals surface area (Å²) in [5, 5.41) is 3.38. The number of hydrogen-bond donors (Lipinski definition) is 1. The van der Waals surface area contributed by atoms with Gasteiger partial charge in [-0.25, -0.2) is 0 Å². The molecule has 19 heavy (non-hydrogen) atoms. The molecule has 3 rings (SSSR count). The molecule has 0 saturated carbocycles. The van der Waals surface area contributed by atoms with E-state index in [4.69, 9.17) is 0 Å². The molecule has 2 aromatic carbocycles. The van der Waals surface area contributed by atoms with E-state index in [9.17, 15) is 4.79 Å². The van der Waals surface area contributed by atoms with E-state index in [1.165, 1.54) is 11.8 Å². The highest BCUT2D eigenvalue weighted by molar-refractivity contribution is 8.04. The third kappa shape index (κ3) is 2.29. The summed E-state index contributed by atoms with van der Waals surface area (Å²) in [6.07, 6.45) is 0. The standard InChI is InChI=1S/C16H13NOS/c1-11(18)16-15(12-7-3-2-4-8-12)17-13-9-5-6-10-14(13)19-16/h2-10,17H,1H3. The Morgan fingerprint density at radius 2 is 1.68 bits per heavy atom. The number of rotatable bonds is 2. The van der Waals surface area contributed by atoms with Crippen LogP contribution in [-0.4, -0.2) is 5.78 Å². The molecule has 2 nitrogen and oxygen atoms in total. The molecule has 0 saturated heterocycles. The maximum absolute atomic E-state index is 11.9. The predicted molar refractivity (Wildman–Crippen MR) is 80.0 cm³/mol. The molecule has 1 N–H and O–H groups in total. The Bertz CT molecular complexity index is 661. The topological polar surface area (TPSA) is 29.1 Å². The maximum Gasteiger partial charge on any atom is 0.168 e. The number of para-hydroxylation sites is 1. The first-order valence-electron chi connectivity index (χ1n) is 6.10. The van der Waals surface area contributed by atoms with E-state index in [1.807, 2.05) is 54.6 Å². The lowest BCUT2D eigenvalue weighted by Crippen LogP contribution is -2.10. The molecule has 0 aromatic heterocycles. The second-order valence-corrected chi connectivity index (χ2v) is 5.40. The zero-order valence-electron chi connectivity index (χ0n) is 10.5. The number of carbonyl (C=O) groups excluding carboxylic acids is 1. The van der Waals surface area contributed by atoms with Gasteiger partial charge >= 0.3 is 0 Å². The number of ketones is 1. The Labute approximate surface area is 116 Å². The van der Waals surface area contributed by atoms with Gasteiger partial charge in [-0.1, -0.05) is 54.2 Å². The number of nitrogens with one attached hydrogen (secondary N) is 1. The number of fused-ring (bicyclic) bond motifs is 1. The summed E-state index contributed by atoms with van der Waals surface area (Å²) in [6.45, 7) is 1.61. The lowest BCUT2D eigenvalue weighted by molar-refractivity contribution is -0.112. The second kappa shape index (κ2) is 4.94. The van der Waals surface area contributed by atoms with E-state index in [2.05, 4.69) is 5.32 Å². The average molecular weight is 267 g/mol. The van der Waals surface area contributed by atoms with Gasteiger partial charge in [0.15, 0.2) is 5.78 Å². The van der Waals surface area contributed by atoms with Gasteiger partial charge in [-0.2, -0.15) is 0 Å². The minimum absolute atomic E-state index is 0.0888. The number of Topliss-reactive ketones (excluding diaryl/α,β-unsaturated/α-hetero) is 1. The van der Waals surface area contributed by atoms with Gasteiger partial charge in [-0.15, -0.1) is 0 Å². The number of anilines is 1. The van der Waals surface area contributed by atoms with Crippen molar-refractivity contribution in [1.82, 2.24) is 0 Å². The summed E-state index contributed by atoms with van der Waals surface area (Å²) < 4.78 is 0. The summed E-state index contributed by atoms with van der Waals surface area (Å²) >= 11 is 1.54. The third-order valence-corrected chi connectivity index (χ3v) is 4.24. The SMILES string of the molecule is CC(=O)C1=C(c2ccccc2)Nc2ccccc2S1. The van der Waals surface area contributed by atoms with Gasteiger partial charge in [-0.05, 0) is 24.6 Å². The van der Waals surface area contributed by atoms with Gasteiger partial charge in [0.1, 0.15) is 0 Å². The molecular weight excluding hydrogens is 254 g/mol. The molecule has 0 atom stereocenters. The molecule has 0 radical (unpaired) electrons. The smallest absolute Gasteiger partial charge is 0.168 e. The van der Waals surface area contributed by atoms with Gasteiger partial charge in [0.2, 0.25) is 0 Å². The molecule has 0 aliphatic carbocycles. The summed E-state index contributed by atoms with van der Waals surface area (Å²) in [4.78, 5) is 13.7. The van der Waals surface area contributed by atoms with E-state index in [1.54, 1.807) is 6.92 Å². The van der Waals surface area contributed by atoms with Crippen LogP contribution in [0, 0.1) is 0 Å². The Morgan fingerprint density at radius 1 is 1.00 bits per heavy atom. The zero-order valence-corrected chi connectivity index (χ0v) is 11.3. The second-order valence-electron chi connectivity index (χ2n) is 4.35. The number of hydrogen-bond acceptors (Lipinski definition) is 3. The molecule has 0 spiro atoms. The lowest BCUT2D eigenvalue weighted by atomic mass is 10.1. The maximum atomic E-state index is 11.9. The highest BCUT2D eigenvalue weighted by atomic mass is 32.2. The van der Waals surface area contributed by atoms with Crippen LogP contribution in [-0.2, 0) is 4.79 Å². The molecule has 0 fully saturated rings. The normalized spacial score (nSPS) is 13.7. The molecule has 3 heteroatoms. The van der Waals surface area contributed by atoms with Crippen LogP contribution in [0.5, 0.6) is 0 Å². The van der Waals surface area contributed by atoms with Crippen LogP contribution in [0.2, 0.25) is 0 Å². The van der Waals surface area contributed by atoms with Crippen LogP contribution in [0.4, 0.5) is 5.69 Å². The molecule has 0 bridgehead atoms. The zero-order chi connectivity index (χ0) is 13.2. The molecule has 1 heterocycles. The van der Waals surface area contributed by atoms with Crippen molar-refractivity contribution in [3.63, 3.8) is 0 Å². The quantitative estimate of drug-likeness (QED) is 0.885. The van der Waals surface area contributed by atoms with Crippen LogP contribution in [0.25, 0.3) is 5.70 Å². The molecule has 1 aliphatic heterocycles. The number of allylic oxidation sites excluding steroid dienone is 1. The van der Waals surface area contributed by atoms with Gasteiger partial charge in [-0.3, -0.25) is 4.79 Å². The molecule has 0 amide bonds. The fourth-order valence-electron chi connectivity index (χ4n) is 2.07. The molecule has 94 valence electrons. The number of benzene rings is 2. The summed E-state index contributed by atoms with van der Waals surface area (Å²) in [5.74, 6) is 0.0888. The Balaban J connectivity index is 2.12. The van der Waals surface area contributed by atoms with E-state index < -0.39 is 0 Å². The Morgan fingerprint density at radius 3 is 2.42 bits per heavy atom. The lowest BCUT2D eigenvalue weighted by Gasteiger charge is -2.23. The van der Waals surface area contributed by atoms with E-state index in [0.29, 0.717) is 0 Å². The van der Waals surface area contributed by atoms with E-state index in [-0.39, 0.29) is 5.78 Å². The third-order valence-electron chi connectivity index (χ3n) is 2.97. The molecule has 1 aliphatic rings. The monoisotopic (exact) mass is 267 g/mol. The van der Waals surface area contributed by atoms with Crippen LogP contribution in [0.15, 0.2) is 64.4 Å². The van der Waals surface area contributed by atoms with Crippen molar-refractivity contribution in [1.29, 1.82) is 0 Å². The summed E-state index contributed by atoms with van der Waals surface area (Å²) in [7, 11) is 0. The van der Waals surface area contributed by atoms with Crippen molar-refractivity contribution in [3.8, 4) is 0 Å². The minimum Gasteiger partial charge on any atom is -0.353 e. The minimum atomic E-state index is 0.0888. The molecule has 0 unspecified atom stereocenters.